The van der Waals surface area contributed by atoms with Crippen molar-refractivity contribution in [2.45, 2.75) is 33.4 Å². The van der Waals surface area contributed by atoms with Crippen molar-refractivity contribution in [3.63, 3.8) is 0 Å². The number of carbonyl (C=O) groups excluding carboxylic acids is 1. The van der Waals surface area contributed by atoms with E-state index < -0.39 is 6.10 Å². The largest absolute Gasteiger partial charge is 0.479 e. The predicted octanol–water partition coefficient (Wildman–Crippen LogP) is 3.09. The van der Waals surface area contributed by atoms with Crippen LogP contribution in [-0.2, 0) is 11.3 Å². The van der Waals surface area contributed by atoms with Gasteiger partial charge in [0.05, 0.1) is 22.9 Å². The molecule has 0 saturated carbocycles. The number of anilines is 2. The van der Waals surface area contributed by atoms with Crippen molar-refractivity contribution in [1.82, 2.24) is 4.98 Å². The lowest BCUT2D eigenvalue weighted by Crippen LogP contribution is -2.34. The van der Waals surface area contributed by atoms with Crippen LogP contribution in [0.1, 0.15) is 22.5 Å². The first-order chi connectivity index (χ1) is 10.0. The Labute approximate surface area is 127 Å². The molecule has 0 aliphatic carbocycles. The normalized spacial score (nSPS) is 16.9. The standard InChI is InChI=1S/C15H17N3O2S/c1-8-14(21-10(3)17-8)7-16-11-4-5-13-12(6-11)18-15(19)9(2)20-13/h4-6,9,16H,7H2,1-3H3,(H,18,19). The molecule has 1 amide bonds. The lowest BCUT2D eigenvalue weighted by molar-refractivity contribution is -0.122. The Kier molecular flexibility index (Phi) is 3.55. The van der Waals surface area contributed by atoms with Gasteiger partial charge in [0.25, 0.3) is 5.91 Å². The molecule has 6 heteroatoms. The van der Waals surface area contributed by atoms with Crippen LogP contribution in [0, 0.1) is 13.8 Å². The number of aromatic nitrogens is 1. The summed E-state index contributed by atoms with van der Waals surface area (Å²) in [4.78, 5) is 17.3. The summed E-state index contributed by atoms with van der Waals surface area (Å²) in [6.45, 7) is 6.48. The molecular formula is C15H17N3O2S. The van der Waals surface area contributed by atoms with E-state index in [2.05, 4.69) is 15.6 Å². The van der Waals surface area contributed by atoms with Crippen LogP contribution in [-0.4, -0.2) is 17.0 Å². The quantitative estimate of drug-likeness (QED) is 0.914. The first kappa shape index (κ1) is 13.9. The minimum Gasteiger partial charge on any atom is -0.479 e. The molecule has 1 aliphatic rings. The minimum absolute atomic E-state index is 0.117. The Morgan fingerprint density at radius 3 is 2.95 bits per heavy atom. The molecule has 2 N–H and O–H groups in total. The van der Waals surface area contributed by atoms with Gasteiger partial charge in [-0.2, -0.15) is 0 Å². The molecule has 0 spiro atoms. The molecule has 110 valence electrons. The summed E-state index contributed by atoms with van der Waals surface area (Å²) in [5, 5.41) is 7.28. The van der Waals surface area contributed by atoms with Gasteiger partial charge in [-0.3, -0.25) is 4.79 Å². The number of rotatable bonds is 3. The van der Waals surface area contributed by atoms with Crippen molar-refractivity contribution in [2.75, 3.05) is 10.6 Å². The molecule has 1 unspecified atom stereocenters. The van der Waals surface area contributed by atoms with Gasteiger partial charge in [-0.1, -0.05) is 0 Å². The van der Waals surface area contributed by atoms with Crippen LogP contribution in [0.3, 0.4) is 0 Å². The van der Waals surface area contributed by atoms with E-state index in [9.17, 15) is 4.79 Å². The number of aryl methyl sites for hydroxylation is 2. The van der Waals surface area contributed by atoms with Gasteiger partial charge in [-0.15, -0.1) is 11.3 Å². The smallest absolute Gasteiger partial charge is 0.265 e. The fourth-order valence-corrected chi connectivity index (χ4v) is 3.12. The van der Waals surface area contributed by atoms with Crippen molar-refractivity contribution >= 4 is 28.6 Å². The molecule has 21 heavy (non-hydrogen) atoms. The molecule has 1 aromatic heterocycles. The van der Waals surface area contributed by atoms with Gasteiger partial charge < -0.3 is 15.4 Å². The molecule has 0 saturated heterocycles. The average molecular weight is 303 g/mol. The molecule has 1 aliphatic heterocycles. The third-order valence-corrected chi connectivity index (χ3v) is 4.44. The Hall–Kier alpha value is -2.08. The van der Waals surface area contributed by atoms with Crippen LogP contribution in [0.2, 0.25) is 0 Å². The molecule has 1 aromatic carbocycles. The molecular weight excluding hydrogens is 286 g/mol. The number of thiazole rings is 1. The van der Waals surface area contributed by atoms with E-state index in [0.29, 0.717) is 11.4 Å². The summed E-state index contributed by atoms with van der Waals surface area (Å²) < 4.78 is 5.54. The van der Waals surface area contributed by atoms with E-state index in [-0.39, 0.29) is 5.91 Å². The van der Waals surface area contributed by atoms with Gasteiger partial charge in [0.1, 0.15) is 5.75 Å². The second-order valence-corrected chi connectivity index (χ2v) is 6.34. The van der Waals surface area contributed by atoms with Crippen LogP contribution in [0.5, 0.6) is 5.75 Å². The molecule has 2 aromatic rings. The molecule has 0 bridgehead atoms. The molecule has 5 nitrogen and oxygen atoms in total. The SMILES string of the molecule is Cc1nc(C)c(CNc2ccc3c(c2)NC(=O)C(C)O3)s1. The molecule has 3 rings (SSSR count). The van der Waals surface area contributed by atoms with E-state index in [1.54, 1.807) is 18.3 Å². The van der Waals surface area contributed by atoms with Gasteiger partial charge in [0, 0.05) is 10.6 Å². The van der Waals surface area contributed by atoms with Crippen LogP contribution in [0.4, 0.5) is 11.4 Å². The maximum atomic E-state index is 11.6. The lowest BCUT2D eigenvalue weighted by atomic mass is 10.2. The highest BCUT2D eigenvalue weighted by Gasteiger charge is 2.23. The number of nitrogens with one attached hydrogen (secondary N) is 2. The second kappa shape index (κ2) is 5.37. The number of hydrogen-bond acceptors (Lipinski definition) is 5. The average Bonchev–Trinajstić information content (AvgIpc) is 2.76. The second-order valence-electron chi connectivity index (χ2n) is 5.06. The van der Waals surface area contributed by atoms with Gasteiger partial charge in [0.2, 0.25) is 0 Å². The molecule has 2 heterocycles. The van der Waals surface area contributed by atoms with Gasteiger partial charge in [-0.25, -0.2) is 4.98 Å². The fourth-order valence-electron chi connectivity index (χ4n) is 2.24. The number of benzene rings is 1. The maximum Gasteiger partial charge on any atom is 0.265 e. The minimum atomic E-state index is -0.445. The highest BCUT2D eigenvalue weighted by molar-refractivity contribution is 7.11. The van der Waals surface area contributed by atoms with Crippen molar-refractivity contribution in [3.05, 3.63) is 33.8 Å². The van der Waals surface area contributed by atoms with Crippen LogP contribution in [0.15, 0.2) is 18.2 Å². The number of hydrogen-bond donors (Lipinski definition) is 2. The summed E-state index contributed by atoms with van der Waals surface area (Å²) in [7, 11) is 0. The van der Waals surface area contributed by atoms with Crippen LogP contribution in [0.25, 0.3) is 0 Å². The molecule has 0 radical (unpaired) electrons. The summed E-state index contributed by atoms with van der Waals surface area (Å²) in [6, 6.07) is 5.72. The zero-order chi connectivity index (χ0) is 15.0. The highest BCUT2D eigenvalue weighted by Crippen LogP contribution is 2.32. The first-order valence-corrected chi connectivity index (χ1v) is 7.63. The molecule has 0 fully saturated rings. The third kappa shape index (κ3) is 2.85. The van der Waals surface area contributed by atoms with Crippen molar-refractivity contribution < 1.29 is 9.53 Å². The van der Waals surface area contributed by atoms with Crippen molar-refractivity contribution in [1.29, 1.82) is 0 Å². The Balaban J connectivity index is 1.74. The first-order valence-electron chi connectivity index (χ1n) is 6.81. The van der Waals surface area contributed by atoms with Crippen molar-refractivity contribution in [2.24, 2.45) is 0 Å². The monoisotopic (exact) mass is 303 g/mol. The summed E-state index contributed by atoms with van der Waals surface area (Å²) >= 11 is 1.70. The van der Waals surface area contributed by atoms with Crippen LogP contribution < -0.4 is 15.4 Å². The number of nitrogens with zero attached hydrogens (tertiary/aromatic N) is 1. The summed E-state index contributed by atoms with van der Waals surface area (Å²) in [5.74, 6) is 0.589. The molecule has 1 atom stereocenters. The zero-order valence-electron chi connectivity index (χ0n) is 12.2. The number of amides is 1. The topological polar surface area (TPSA) is 63.2 Å². The Bertz CT molecular complexity index is 696. The Morgan fingerprint density at radius 2 is 2.24 bits per heavy atom. The number of fused-ring (bicyclic) bond motifs is 1. The van der Waals surface area contributed by atoms with E-state index in [1.165, 1.54) is 4.88 Å². The predicted molar refractivity (Wildman–Crippen MR) is 84.1 cm³/mol. The zero-order valence-corrected chi connectivity index (χ0v) is 13.0. The van der Waals surface area contributed by atoms with E-state index in [0.717, 1.165) is 22.9 Å². The van der Waals surface area contributed by atoms with Gasteiger partial charge in [0.15, 0.2) is 6.10 Å². The highest BCUT2D eigenvalue weighted by atomic mass is 32.1. The van der Waals surface area contributed by atoms with E-state index in [4.69, 9.17) is 4.74 Å². The van der Waals surface area contributed by atoms with Crippen molar-refractivity contribution in [3.8, 4) is 5.75 Å². The summed E-state index contributed by atoms with van der Waals surface area (Å²) in [5.41, 5.74) is 2.71. The van der Waals surface area contributed by atoms with E-state index in [1.807, 2.05) is 32.0 Å². The van der Waals surface area contributed by atoms with E-state index >= 15 is 0 Å². The van der Waals surface area contributed by atoms with Gasteiger partial charge in [-0.05, 0) is 39.0 Å². The maximum absolute atomic E-state index is 11.6. The van der Waals surface area contributed by atoms with Gasteiger partial charge >= 0.3 is 0 Å². The number of carbonyl (C=O) groups is 1. The number of ether oxygens (including phenoxy) is 1. The summed E-state index contributed by atoms with van der Waals surface area (Å²) in [6.07, 6.45) is -0.445. The lowest BCUT2D eigenvalue weighted by Gasteiger charge is -2.23. The Morgan fingerprint density at radius 1 is 1.43 bits per heavy atom. The fraction of sp³-hybridized carbons (Fsp3) is 0.333. The third-order valence-electron chi connectivity index (χ3n) is 3.36. The van der Waals surface area contributed by atoms with Crippen LogP contribution >= 0.6 is 11.3 Å².